The quantitative estimate of drug-likeness (QED) is 0.731. The van der Waals surface area contributed by atoms with Crippen molar-refractivity contribution in [1.82, 2.24) is 14.9 Å². The number of carbonyl (C=O) groups is 1. The average Bonchev–Trinajstić information content (AvgIpc) is 3.02. The molecule has 0 fully saturated rings. The summed E-state index contributed by atoms with van der Waals surface area (Å²) in [5.74, 6) is 0.685. The first kappa shape index (κ1) is 16.8. The second kappa shape index (κ2) is 6.84. The smallest absolute Gasteiger partial charge is 0.416 e. The Morgan fingerprint density at radius 2 is 1.92 bits per heavy atom. The molecule has 0 radical (unpaired) electrons. The molecule has 0 aliphatic heterocycles. The number of ether oxygens (including phenoxy) is 1. The molecular weight excluding hydrogens is 335 g/mol. The van der Waals surface area contributed by atoms with E-state index in [1.807, 2.05) is 18.2 Å². The zero-order valence-electron chi connectivity index (χ0n) is 13.0. The Bertz CT molecular complexity index is 876. The Hall–Kier alpha value is -3.03. The van der Waals surface area contributed by atoms with Crippen molar-refractivity contribution in [2.45, 2.75) is 6.18 Å². The van der Waals surface area contributed by atoms with Crippen molar-refractivity contribution in [1.29, 1.82) is 0 Å². The van der Waals surface area contributed by atoms with Gasteiger partial charge in [-0.2, -0.15) is 13.2 Å². The van der Waals surface area contributed by atoms with E-state index in [0.717, 1.165) is 16.7 Å². The molecule has 0 bridgehead atoms. The maximum absolute atomic E-state index is 12.7. The summed E-state index contributed by atoms with van der Waals surface area (Å²) < 4.78 is 44.7. The third-order valence-electron chi connectivity index (χ3n) is 3.48. The van der Waals surface area contributed by atoms with E-state index in [-0.39, 0.29) is 18.7 Å². The number of rotatable bonds is 4. The summed E-state index contributed by atoms with van der Waals surface area (Å²) in [4.78, 5) is 16.0. The Kier molecular flexibility index (Phi) is 4.60. The molecule has 3 aromatic rings. The highest BCUT2D eigenvalue weighted by Crippen LogP contribution is 2.31. The van der Waals surface area contributed by atoms with Crippen LogP contribution in [0.5, 0.6) is 5.75 Å². The van der Waals surface area contributed by atoms with Crippen molar-refractivity contribution in [2.24, 2.45) is 0 Å². The number of imidazole rings is 1. The molecule has 25 heavy (non-hydrogen) atoms. The van der Waals surface area contributed by atoms with E-state index in [0.29, 0.717) is 11.3 Å². The third-order valence-corrected chi connectivity index (χ3v) is 3.48. The average molecular weight is 349 g/mol. The summed E-state index contributed by atoms with van der Waals surface area (Å²) >= 11 is 0. The van der Waals surface area contributed by atoms with Crippen molar-refractivity contribution in [3.8, 4) is 5.75 Å². The molecule has 5 nitrogen and oxygen atoms in total. The van der Waals surface area contributed by atoms with Crippen LogP contribution >= 0.6 is 0 Å². The van der Waals surface area contributed by atoms with Crippen molar-refractivity contribution in [3.63, 3.8) is 0 Å². The number of carbonyl (C=O) groups excluding carboxylic acids is 1. The molecule has 0 saturated carbocycles. The van der Waals surface area contributed by atoms with Crippen LogP contribution in [0.3, 0.4) is 0 Å². The number of fused-ring (bicyclic) bond motifs is 1. The number of benzene rings is 2. The van der Waals surface area contributed by atoms with Gasteiger partial charge in [0, 0.05) is 0 Å². The molecule has 0 aliphatic carbocycles. The highest BCUT2D eigenvalue weighted by Gasteiger charge is 2.31. The fraction of sp³-hybridized carbons (Fsp3) is 0.176. The lowest BCUT2D eigenvalue weighted by atomic mass is 10.2. The first-order valence-corrected chi connectivity index (χ1v) is 7.45. The fourth-order valence-corrected chi connectivity index (χ4v) is 2.28. The zero-order chi connectivity index (χ0) is 17.9. The minimum Gasteiger partial charge on any atom is -0.492 e. The number of nitrogens with one attached hydrogen (secondary N) is 1. The van der Waals surface area contributed by atoms with E-state index < -0.39 is 17.8 Å². The topological polar surface area (TPSA) is 56.1 Å². The third kappa shape index (κ3) is 3.90. The van der Waals surface area contributed by atoms with Crippen LogP contribution in [-0.2, 0) is 6.18 Å². The summed E-state index contributed by atoms with van der Waals surface area (Å²) in [6, 6.07) is 11.7. The van der Waals surface area contributed by atoms with Crippen LogP contribution in [0, 0.1) is 0 Å². The number of hydrogen-bond donors (Lipinski definition) is 1. The van der Waals surface area contributed by atoms with Gasteiger partial charge in [-0.3, -0.25) is 4.57 Å². The number of para-hydroxylation sites is 1. The Morgan fingerprint density at radius 1 is 1.16 bits per heavy atom. The van der Waals surface area contributed by atoms with E-state index in [1.54, 1.807) is 12.1 Å². The lowest BCUT2D eigenvalue weighted by Gasteiger charge is -2.09. The maximum Gasteiger partial charge on any atom is 0.416 e. The molecule has 0 atom stereocenters. The van der Waals surface area contributed by atoms with E-state index in [9.17, 15) is 18.0 Å². The summed E-state index contributed by atoms with van der Waals surface area (Å²) in [5.41, 5.74) is -0.401. The summed E-state index contributed by atoms with van der Waals surface area (Å²) in [7, 11) is 0. The van der Waals surface area contributed by atoms with Gasteiger partial charge >= 0.3 is 12.2 Å². The lowest BCUT2D eigenvalue weighted by molar-refractivity contribution is -0.137. The zero-order valence-corrected chi connectivity index (χ0v) is 13.0. The molecule has 1 N–H and O–H groups in total. The van der Waals surface area contributed by atoms with Crippen LogP contribution < -0.4 is 10.1 Å². The summed E-state index contributed by atoms with van der Waals surface area (Å²) in [5, 5.41) is 2.63. The van der Waals surface area contributed by atoms with Crippen LogP contribution in [0.25, 0.3) is 11.0 Å². The number of amides is 1. The van der Waals surface area contributed by atoms with Gasteiger partial charge in [-0.1, -0.05) is 18.2 Å². The van der Waals surface area contributed by atoms with Gasteiger partial charge in [-0.15, -0.1) is 0 Å². The predicted octanol–water partition coefficient (Wildman–Crippen LogP) is 3.69. The van der Waals surface area contributed by atoms with Gasteiger partial charge in [0.05, 0.1) is 23.1 Å². The van der Waals surface area contributed by atoms with Crippen LogP contribution in [0.1, 0.15) is 5.56 Å². The second-order valence-electron chi connectivity index (χ2n) is 5.21. The van der Waals surface area contributed by atoms with Gasteiger partial charge in [0.15, 0.2) is 0 Å². The highest BCUT2D eigenvalue weighted by molar-refractivity contribution is 5.89. The van der Waals surface area contributed by atoms with Gasteiger partial charge < -0.3 is 10.1 Å². The standard InChI is InChI=1S/C17H14F3N3O2/c18-17(19,20)12-6-7-15-14(10-12)22-11-23(15)16(24)21-8-9-25-13-4-2-1-3-5-13/h1-7,10-11H,8-9H2,(H,21,24). The molecule has 0 saturated heterocycles. The molecule has 0 spiro atoms. The number of alkyl halides is 3. The molecule has 3 rings (SSSR count). The van der Waals surface area contributed by atoms with Gasteiger partial charge in [0.1, 0.15) is 18.7 Å². The largest absolute Gasteiger partial charge is 0.492 e. The number of aromatic nitrogens is 2. The van der Waals surface area contributed by atoms with Crippen molar-refractivity contribution < 1.29 is 22.7 Å². The van der Waals surface area contributed by atoms with Gasteiger partial charge in [0.2, 0.25) is 0 Å². The van der Waals surface area contributed by atoms with Crippen LogP contribution in [0.4, 0.5) is 18.0 Å². The molecule has 2 aromatic carbocycles. The van der Waals surface area contributed by atoms with Gasteiger partial charge in [0.25, 0.3) is 0 Å². The predicted molar refractivity (Wildman–Crippen MR) is 85.5 cm³/mol. The van der Waals surface area contributed by atoms with Gasteiger partial charge in [-0.25, -0.2) is 9.78 Å². The molecule has 1 heterocycles. The SMILES string of the molecule is O=C(NCCOc1ccccc1)n1cnc2cc(C(F)(F)F)ccc21. The minimum absolute atomic E-state index is 0.102. The summed E-state index contributed by atoms with van der Waals surface area (Å²) in [6.45, 7) is 0.509. The van der Waals surface area contributed by atoms with Crippen LogP contribution in [0.15, 0.2) is 54.9 Å². The summed E-state index contributed by atoms with van der Waals surface area (Å²) in [6.07, 6.45) is -3.26. The van der Waals surface area contributed by atoms with Crippen molar-refractivity contribution in [2.75, 3.05) is 13.2 Å². The Morgan fingerprint density at radius 3 is 2.64 bits per heavy atom. The van der Waals surface area contributed by atoms with Gasteiger partial charge in [-0.05, 0) is 30.3 Å². The van der Waals surface area contributed by atoms with E-state index in [4.69, 9.17) is 4.74 Å². The molecule has 0 aliphatic rings. The fourth-order valence-electron chi connectivity index (χ4n) is 2.28. The van der Waals surface area contributed by atoms with E-state index in [2.05, 4.69) is 10.3 Å². The first-order chi connectivity index (χ1) is 11.9. The van der Waals surface area contributed by atoms with Crippen LogP contribution in [0.2, 0.25) is 0 Å². The molecule has 130 valence electrons. The van der Waals surface area contributed by atoms with E-state index in [1.165, 1.54) is 12.4 Å². The Labute approximate surface area is 141 Å². The molecule has 1 amide bonds. The first-order valence-electron chi connectivity index (χ1n) is 7.45. The number of halogens is 3. The normalized spacial score (nSPS) is 11.5. The Balaban J connectivity index is 1.62. The van der Waals surface area contributed by atoms with Crippen molar-refractivity contribution >= 4 is 17.1 Å². The number of hydrogen-bond acceptors (Lipinski definition) is 3. The van der Waals surface area contributed by atoms with Crippen molar-refractivity contribution in [3.05, 3.63) is 60.4 Å². The maximum atomic E-state index is 12.7. The monoisotopic (exact) mass is 349 g/mol. The van der Waals surface area contributed by atoms with E-state index >= 15 is 0 Å². The lowest BCUT2D eigenvalue weighted by Crippen LogP contribution is -2.31. The van der Waals surface area contributed by atoms with Crippen LogP contribution in [-0.4, -0.2) is 28.7 Å². The second-order valence-corrected chi connectivity index (χ2v) is 5.21. The molecule has 8 heteroatoms. The molecular formula is C17H14F3N3O2. The highest BCUT2D eigenvalue weighted by atomic mass is 19.4. The molecule has 0 unspecified atom stereocenters. The minimum atomic E-state index is -4.45. The molecule has 1 aromatic heterocycles. The number of nitrogens with zero attached hydrogens (tertiary/aromatic N) is 2.